The Morgan fingerprint density at radius 3 is 2.43 bits per heavy atom. The molecular formula is C21H30IN3O3. The Morgan fingerprint density at radius 1 is 0.964 bits per heavy atom. The molecule has 0 atom stereocenters. The number of benzene rings is 2. The van der Waals surface area contributed by atoms with Crippen molar-refractivity contribution in [2.24, 2.45) is 4.99 Å². The normalized spacial score (nSPS) is 10.6. The third kappa shape index (κ3) is 8.24. The molecule has 2 aromatic carbocycles. The Hall–Kier alpha value is -2.16. The van der Waals surface area contributed by atoms with Crippen molar-refractivity contribution in [3.63, 3.8) is 0 Å². The number of rotatable bonds is 10. The quantitative estimate of drug-likeness (QED) is 0.225. The van der Waals surface area contributed by atoms with Crippen molar-refractivity contribution in [3.05, 3.63) is 54.1 Å². The summed E-state index contributed by atoms with van der Waals surface area (Å²) in [5.74, 6) is 3.09. The van der Waals surface area contributed by atoms with E-state index in [0.29, 0.717) is 26.3 Å². The van der Waals surface area contributed by atoms with E-state index in [1.54, 1.807) is 14.2 Å². The van der Waals surface area contributed by atoms with Crippen LogP contribution in [0.4, 0.5) is 0 Å². The molecule has 0 saturated heterocycles. The molecule has 28 heavy (non-hydrogen) atoms. The van der Waals surface area contributed by atoms with E-state index >= 15 is 0 Å². The van der Waals surface area contributed by atoms with Gasteiger partial charge in [-0.15, -0.1) is 24.0 Å². The molecule has 0 aliphatic rings. The minimum absolute atomic E-state index is 0. The molecule has 6 nitrogen and oxygen atoms in total. The molecule has 0 spiro atoms. The molecule has 2 rings (SSSR count). The molecule has 0 radical (unpaired) electrons. The number of guanidine groups is 1. The first-order valence-corrected chi connectivity index (χ1v) is 9.19. The zero-order chi connectivity index (χ0) is 19.3. The monoisotopic (exact) mass is 499 g/mol. The van der Waals surface area contributed by atoms with Crippen LogP contribution in [-0.2, 0) is 6.54 Å². The summed E-state index contributed by atoms with van der Waals surface area (Å²) in [7, 11) is 3.40. The summed E-state index contributed by atoms with van der Waals surface area (Å²) in [5, 5.41) is 6.52. The summed E-state index contributed by atoms with van der Waals surface area (Å²) in [4.78, 5) is 4.23. The molecule has 0 fully saturated rings. The third-order valence-corrected chi connectivity index (χ3v) is 3.78. The molecule has 0 unspecified atom stereocenters. The van der Waals surface area contributed by atoms with E-state index in [4.69, 9.17) is 14.2 Å². The highest BCUT2D eigenvalue weighted by Gasteiger charge is 2.06. The van der Waals surface area contributed by atoms with Crippen molar-refractivity contribution in [1.82, 2.24) is 10.6 Å². The highest BCUT2D eigenvalue weighted by Crippen LogP contribution is 2.28. The van der Waals surface area contributed by atoms with Gasteiger partial charge in [-0.25, -0.2) is 0 Å². The number of aliphatic imine (C=N–C) groups is 1. The maximum atomic E-state index is 5.69. The summed E-state index contributed by atoms with van der Waals surface area (Å²) in [6, 6.07) is 15.7. The van der Waals surface area contributed by atoms with Gasteiger partial charge < -0.3 is 24.8 Å². The molecule has 0 saturated carbocycles. The van der Waals surface area contributed by atoms with Gasteiger partial charge in [0.05, 0.1) is 20.3 Å². The number of para-hydroxylation sites is 1. The van der Waals surface area contributed by atoms with Gasteiger partial charge in [-0.05, 0) is 36.2 Å². The van der Waals surface area contributed by atoms with Gasteiger partial charge in [0.2, 0.25) is 0 Å². The average molecular weight is 499 g/mol. The number of halogens is 1. The van der Waals surface area contributed by atoms with Crippen LogP contribution in [0.1, 0.15) is 18.9 Å². The molecule has 0 amide bonds. The Balaban J connectivity index is 0.00000392. The largest absolute Gasteiger partial charge is 0.493 e. The highest BCUT2D eigenvalue weighted by atomic mass is 127. The lowest BCUT2D eigenvalue weighted by molar-refractivity contribution is 0.294. The topological polar surface area (TPSA) is 64.1 Å². The van der Waals surface area contributed by atoms with Crippen LogP contribution in [0.25, 0.3) is 0 Å². The molecule has 2 aromatic rings. The van der Waals surface area contributed by atoms with E-state index in [1.807, 2.05) is 48.5 Å². The Labute approximate surface area is 184 Å². The second-order valence-corrected chi connectivity index (χ2v) is 5.85. The molecule has 0 aromatic heterocycles. The summed E-state index contributed by atoms with van der Waals surface area (Å²) >= 11 is 0. The van der Waals surface area contributed by atoms with E-state index in [2.05, 4.69) is 22.5 Å². The van der Waals surface area contributed by atoms with Crippen LogP contribution in [0.3, 0.4) is 0 Å². The minimum atomic E-state index is 0. The predicted octanol–water partition coefficient (Wildman–Crippen LogP) is 3.85. The van der Waals surface area contributed by atoms with Crippen LogP contribution in [0.2, 0.25) is 0 Å². The fourth-order valence-electron chi connectivity index (χ4n) is 2.41. The van der Waals surface area contributed by atoms with Crippen molar-refractivity contribution < 1.29 is 14.2 Å². The second-order valence-electron chi connectivity index (χ2n) is 5.85. The molecule has 2 N–H and O–H groups in total. The first-order chi connectivity index (χ1) is 13.3. The summed E-state index contributed by atoms with van der Waals surface area (Å²) in [6.07, 6.45) is 0.961. The van der Waals surface area contributed by atoms with Crippen molar-refractivity contribution in [2.45, 2.75) is 19.9 Å². The molecule has 0 heterocycles. The SMILES string of the molecule is CCCOc1ccc(CNC(=NC)NCCOc2ccccc2)cc1OC.I. The zero-order valence-corrected chi connectivity index (χ0v) is 19.1. The van der Waals surface area contributed by atoms with Crippen molar-refractivity contribution >= 4 is 29.9 Å². The predicted molar refractivity (Wildman–Crippen MR) is 124 cm³/mol. The number of ether oxygens (including phenoxy) is 3. The zero-order valence-electron chi connectivity index (χ0n) is 16.7. The standard InChI is InChI=1S/C21H29N3O3.HI/c1-4-13-27-19-11-10-17(15-20(19)25-3)16-24-21(22-2)23-12-14-26-18-8-6-5-7-9-18;/h5-11,15H,4,12-14,16H2,1-3H3,(H2,22,23,24);1H. The van der Waals surface area contributed by atoms with Crippen molar-refractivity contribution in [1.29, 1.82) is 0 Å². The number of nitrogens with zero attached hydrogens (tertiary/aromatic N) is 1. The first kappa shape index (κ1) is 23.9. The van der Waals surface area contributed by atoms with Gasteiger partial charge >= 0.3 is 0 Å². The second kappa shape index (κ2) is 13.9. The van der Waals surface area contributed by atoms with Crippen molar-refractivity contribution in [3.8, 4) is 17.2 Å². The van der Waals surface area contributed by atoms with Gasteiger partial charge in [0.25, 0.3) is 0 Å². The van der Waals surface area contributed by atoms with E-state index in [9.17, 15) is 0 Å². The van der Waals surface area contributed by atoms with Crippen LogP contribution in [0.15, 0.2) is 53.5 Å². The number of hydrogen-bond donors (Lipinski definition) is 2. The van der Waals surface area contributed by atoms with Crippen LogP contribution in [0.5, 0.6) is 17.2 Å². The van der Waals surface area contributed by atoms with Gasteiger partial charge in [0, 0.05) is 13.6 Å². The average Bonchev–Trinajstić information content (AvgIpc) is 2.72. The molecule has 7 heteroatoms. The molecular weight excluding hydrogens is 469 g/mol. The third-order valence-electron chi connectivity index (χ3n) is 3.78. The fraction of sp³-hybridized carbons (Fsp3) is 0.381. The number of nitrogens with one attached hydrogen (secondary N) is 2. The molecule has 0 bridgehead atoms. The van der Waals surface area contributed by atoms with Gasteiger partial charge in [0.1, 0.15) is 12.4 Å². The van der Waals surface area contributed by atoms with Gasteiger partial charge in [0.15, 0.2) is 17.5 Å². The van der Waals surface area contributed by atoms with Crippen LogP contribution < -0.4 is 24.8 Å². The minimum Gasteiger partial charge on any atom is -0.493 e. The van der Waals surface area contributed by atoms with E-state index in [0.717, 1.165) is 35.2 Å². The smallest absolute Gasteiger partial charge is 0.191 e. The molecule has 154 valence electrons. The maximum Gasteiger partial charge on any atom is 0.191 e. The maximum absolute atomic E-state index is 5.69. The van der Waals surface area contributed by atoms with E-state index < -0.39 is 0 Å². The number of hydrogen-bond acceptors (Lipinski definition) is 4. The van der Waals surface area contributed by atoms with E-state index in [1.165, 1.54) is 0 Å². The Morgan fingerprint density at radius 2 is 1.75 bits per heavy atom. The lowest BCUT2D eigenvalue weighted by atomic mass is 10.2. The highest BCUT2D eigenvalue weighted by molar-refractivity contribution is 14.0. The van der Waals surface area contributed by atoms with Crippen LogP contribution in [-0.4, -0.2) is 39.9 Å². The van der Waals surface area contributed by atoms with Crippen molar-refractivity contribution in [2.75, 3.05) is 33.9 Å². The van der Waals surface area contributed by atoms with Gasteiger partial charge in [-0.1, -0.05) is 31.2 Å². The lowest BCUT2D eigenvalue weighted by Crippen LogP contribution is -2.38. The first-order valence-electron chi connectivity index (χ1n) is 9.19. The molecule has 0 aliphatic heterocycles. The summed E-state index contributed by atoms with van der Waals surface area (Å²) in [5.41, 5.74) is 1.08. The number of methoxy groups -OCH3 is 1. The van der Waals surface area contributed by atoms with Crippen LogP contribution >= 0.6 is 24.0 Å². The summed E-state index contributed by atoms with van der Waals surface area (Å²) in [6.45, 7) is 4.59. The lowest BCUT2D eigenvalue weighted by Gasteiger charge is -2.14. The van der Waals surface area contributed by atoms with Gasteiger partial charge in [-0.3, -0.25) is 4.99 Å². The van der Waals surface area contributed by atoms with Crippen LogP contribution in [0, 0.1) is 0 Å². The Bertz CT molecular complexity index is 711. The van der Waals surface area contributed by atoms with E-state index in [-0.39, 0.29) is 24.0 Å². The Kier molecular flexibility index (Phi) is 11.9. The summed E-state index contributed by atoms with van der Waals surface area (Å²) < 4.78 is 16.8. The fourth-order valence-corrected chi connectivity index (χ4v) is 2.41. The molecule has 0 aliphatic carbocycles. The van der Waals surface area contributed by atoms with Gasteiger partial charge in [-0.2, -0.15) is 0 Å².